The van der Waals surface area contributed by atoms with Crippen LogP contribution in [0.2, 0.25) is 0 Å². The van der Waals surface area contributed by atoms with Crippen molar-refractivity contribution in [1.29, 1.82) is 0 Å². The van der Waals surface area contributed by atoms with Crippen LogP contribution in [0.1, 0.15) is 62.5 Å². The molecule has 2 saturated heterocycles. The number of nitrogens with zero attached hydrogens (tertiary/aromatic N) is 1. The molecule has 9 nitrogen and oxygen atoms in total. The van der Waals surface area contributed by atoms with E-state index in [1.54, 1.807) is 7.11 Å². The minimum Gasteiger partial charge on any atom is -0.497 e. The van der Waals surface area contributed by atoms with Gasteiger partial charge >= 0.3 is 11.9 Å². The van der Waals surface area contributed by atoms with Gasteiger partial charge in [0.05, 0.1) is 31.6 Å². The highest BCUT2D eigenvalue weighted by molar-refractivity contribution is 5.94. The SMILES string of the molecule is CCCCOC/C=C/C[C@]1(C(=O)O[C@@H]2C(OC)=C[C@]34CCCN3CCc3cc5c(cc3[C@H]24)OCO5)CC(=O)O1. The fourth-order valence-electron chi connectivity index (χ4n) is 6.81. The first kappa shape index (κ1) is 26.2. The molecule has 2 fully saturated rings. The Bertz CT molecular complexity index is 1180. The lowest BCUT2D eigenvalue weighted by atomic mass is 9.77. The van der Waals surface area contributed by atoms with E-state index in [0.29, 0.717) is 24.7 Å². The summed E-state index contributed by atoms with van der Waals surface area (Å²) >= 11 is 0. The van der Waals surface area contributed by atoms with Crippen molar-refractivity contribution in [3.05, 3.63) is 47.2 Å². The smallest absolute Gasteiger partial charge is 0.352 e. The van der Waals surface area contributed by atoms with E-state index < -0.39 is 23.6 Å². The summed E-state index contributed by atoms with van der Waals surface area (Å²) in [5.74, 6) is 0.968. The van der Waals surface area contributed by atoms with Crippen LogP contribution in [-0.4, -0.2) is 74.3 Å². The zero-order valence-corrected chi connectivity index (χ0v) is 22.7. The molecule has 0 N–H and O–H groups in total. The molecule has 0 bridgehead atoms. The van der Waals surface area contributed by atoms with Crippen molar-refractivity contribution in [2.75, 3.05) is 40.2 Å². The third kappa shape index (κ3) is 4.49. The number of fused-ring (bicyclic) bond motifs is 3. The third-order valence-electron chi connectivity index (χ3n) is 8.78. The van der Waals surface area contributed by atoms with Gasteiger partial charge in [-0.3, -0.25) is 9.69 Å². The summed E-state index contributed by atoms with van der Waals surface area (Å²) in [7, 11) is 1.62. The summed E-state index contributed by atoms with van der Waals surface area (Å²) in [5, 5.41) is 0. The number of rotatable bonds is 10. The molecule has 4 aliphatic heterocycles. The van der Waals surface area contributed by atoms with Gasteiger partial charge in [0.1, 0.15) is 5.76 Å². The van der Waals surface area contributed by atoms with Crippen LogP contribution in [0.25, 0.3) is 0 Å². The van der Waals surface area contributed by atoms with Gasteiger partial charge in [0, 0.05) is 19.6 Å². The van der Waals surface area contributed by atoms with Gasteiger partial charge in [-0.1, -0.05) is 25.5 Å². The maximum atomic E-state index is 13.8. The summed E-state index contributed by atoms with van der Waals surface area (Å²) in [6.07, 6.45) is 10.4. The van der Waals surface area contributed by atoms with Gasteiger partial charge in [0.15, 0.2) is 17.6 Å². The molecule has 0 saturated carbocycles. The van der Waals surface area contributed by atoms with Gasteiger partial charge in [-0.2, -0.15) is 0 Å². The van der Waals surface area contributed by atoms with Crippen LogP contribution in [0.3, 0.4) is 0 Å². The number of unbranched alkanes of at least 4 members (excludes halogenated alkanes) is 1. The van der Waals surface area contributed by atoms with Crippen LogP contribution in [-0.2, 0) is 35.0 Å². The van der Waals surface area contributed by atoms with Crippen molar-refractivity contribution in [2.45, 2.75) is 75.0 Å². The van der Waals surface area contributed by atoms with Gasteiger partial charge in [-0.15, -0.1) is 0 Å². The summed E-state index contributed by atoms with van der Waals surface area (Å²) < 4.78 is 34.6. The first-order valence-electron chi connectivity index (χ1n) is 14.1. The van der Waals surface area contributed by atoms with Gasteiger partial charge in [-0.05, 0) is 61.6 Å². The Hall–Kier alpha value is -3.04. The first-order chi connectivity index (χ1) is 19.0. The second kappa shape index (κ2) is 10.5. The van der Waals surface area contributed by atoms with Gasteiger partial charge in [0.25, 0.3) is 0 Å². The Morgan fingerprint density at radius 3 is 2.79 bits per heavy atom. The zero-order valence-electron chi connectivity index (χ0n) is 22.7. The van der Waals surface area contributed by atoms with Crippen LogP contribution in [0.5, 0.6) is 11.5 Å². The number of cyclic esters (lactones) is 1. The number of methoxy groups -OCH3 is 1. The van der Waals surface area contributed by atoms with Crippen LogP contribution >= 0.6 is 0 Å². The van der Waals surface area contributed by atoms with E-state index in [2.05, 4.69) is 30.0 Å². The lowest BCUT2D eigenvalue weighted by Gasteiger charge is -2.41. The summed E-state index contributed by atoms with van der Waals surface area (Å²) in [5.41, 5.74) is 0.604. The number of hydrogen-bond donors (Lipinski definition) is 0. The minimum absolute atomic E-state index is 0.0111. The largest absolute Gasteiger partial charge is 0.497 e. The van der Waals surface area contributed by atoms with E-state index in [0.717, 1.165) is 56.5 Å². The molecule has 0 radical (unpaired) electrons. The molecule has 9 heteroatoms. The second-order valence-corrected chi connectivity index (χ2v) is 11.0. The molecule has 1 aromatic rings. The van der Waals surface area contributed by atoms with Gasteiger partial charge < -0.3 is 28.4 Å². The highest BCUT2D eigenvalue weighted by Crippen LogP contribution is 2.56. The van der Waals surface area contributed by atoms with Crippen LogP contribution in [0.15, 0.2) is 36.1 Å². The number of esters is 2. The number of carbonyl (C=O) groups is 2. The van der Waals surface area contributed by atoms with Crippen molar-refractivity contribution in [2.24, 2.45) is 0 Å². The Morgan fingerprint density at radius 2 is 2.03 bits per heavy atom. The van der Waals surface area contributed by atoms with Crippen LogP contribution < -0.4 is 9.47 Å². The molecule has 0 aromatic heterocycles. The van der Waals surface area contributed by atoms with E-state index >= 15 is 0 Å². The average Bonchev–Trinajstić information content (AvgIpc) is 3.60. The molecule has 4 atom stereocenters. The predicted molar refractivity (Wildman–Crippen MR) is 140 cm³/mol. The summed E-state index contributed by atoms with van der Waals surface area (Å²) in [4.78, 5) is 28.2. The number of ether oxygens (including phenoxy) is 6. The molecule has 0 amide bonds. The summed E-state index contributed by atoms with van der Waals surface area (Å²) in [6.45, 7) is 5.32. The van der Waals surface area contributed by atoms with Crippen molar-refractivity contribution >= 4 is 11.9 Å². The fraction of sp³-hybridized carbons (Fsp3) is 0.600. The highest BCUT2D eigenvalue weighted by Gasteiger charge is 2.60. The average molecular weight is 540 g/mol. The number of hydrogen-bond acceptors (Lipinski definition) is 9. The van der Waals surface area contributed by atoms with E-state index in [-0.39, 0.29) is 31.1 Å². The fourth-order valence-corrected chi connectivity index (χ4v) is 6.81. The predicted octanol–water partition coefficient (Wildman–Crippen LogP) is 3.79. The maximum absolute atomic E-state index is 13.8. The van der Waals surface area contributed by atoms with Crippen LogP contribution in [0.4, 0.5) is 0 Å². The molecule has 210 valence electrons. The first-order valence-corrected chi connectivity index (χ1v) is 14.1. The summed E-state index contributed by atoms with van der Waals surface area (Å²) in [6, 6.07) is 4.12. The van der Waals surface area contributed by atoms with Crippen molar-refractivity contribution in [1.82, 2.24) is 4.90 Å². The molecule has 1 spiro atoms. The standard InChI is InChI=1S/C30H37NO8/c1-3-4-13-35-14-6-5-10-30(18-25(32)39-30)28(33)38-27-24(34-2)17-29-9-7-11-31(29)12-8-20-15-22-23(37-19-36-22)16-21(20)26(27)29/h5-6,15-17,26-27H,3-4,7-14,18-19H2,1-2H3/b6-5+/t26-,27-,29+,30-/m1/s1. The second-order valence-electron chi connectivity index (χ2n) is 11.0. The normalized spacial score (nSPS) is 30.6. The van der Waals surface area contributed by atoms with Crippen molar-refractivity contribution in [3.8, 4) is 11.5 Å². The van der Waals surface area contributed by atoms with Crippen LogP contribution in [0, 0.1) is 0 Å². The molecule has 4 heterocycles. The quantitative estimate of drug-likeness (QED) is 0.250. The molecule has 1 aromatic carbocycles. The number of carbonyl (C=O) groups excluding carboxylic acids is 2. The zero-order chi connectivity index (χ0) is 27.0. The third-order valence-corrected chi connectivity index (χ3v) is 8.78. The topological polar surface area (TPSA) is 92.8 Å². The molecule has 0 unspecified atom stereocenters. The van der Waals surface area contributed by atoms with E-state index in [4.69, 9.17) is 28.4 Å². The Morgan fingerprint density at radius 1 is 1.21 bits per heavy atom. The van der Waals surface area contributed by atoms with Crippen molar-refractivity contribution in [3.63, 3.8) is 0 Å². The molecule has 1 aliphatic carbocycles. The van der Waals surface area contributed by atoms with E-state index in [9.17, 15) is 9.59 Å². The molecular formula is C30H37NO8. The molecule has 39 heavy (non-hydrogen) atoms. The monoisotopic (exact) mass is 539 g/mol. The molecular weight excluding hydrogens is 502 g/mol. The molecule has 5 aliphatic rings. The Balaban J connectivity index is 1.28. The highest BCUT2D eigenvalue weighted by atomic mass is 16.7. The lowest BCUT2D eigenvalue weighted by Crippen LogP contribution is -2.56. The van der Waals surface area contributed by atoms with E-state index in [1.165, 1.54) is 5.56 Å². The number of benzene rings is 1. The van der Waals surface area contributed by atoms with Gasteiger partial charge in [0.2, 0.25) is 12.4 Å². The Kier molecular flexibility index (Phi) is 7.05. The van der Waals surface area contributed by atoms with E-state index in [1.807, 2.05) is 12.2 Å². The maximum Gasteiger partial charge on any atom is 0.352 e. The van der Waals surface area contributed by atoms with Crippen molar-refractivity contribution < 1.29 is 38.0 Å². The Labute approximate surface area is 229 Å². The minimum atomic E-state index is -1.33. The van der Waals surface area contributed by atoms with Gasteiger partial charge in [-0.25, -0.2) is 4.79 Å². The lowest BCUT2D eigenvalue weighted by molar-refractivity contribution is -0.210. The molecule has 6 rings (SSSR count).